The van der Waals surface area contributed by atoms with Crippen LogP contribution in [0.15, 0.2) is 0 Å². The molecule has 0 rings (SSSR count). The van der Waals surface area contributed by atoms with E-state index in [2.05, 4.69) is 0 Å². The highest BCUT2D eigenvalue weighted by atomic mass is 16.3. The van der Waals surface area contributed by atoms with Gasteiger partial charge in [0, 0.05) is 5.92 Å². The number of aliphatic hydroxyl groups excluding tert-OH is 1. The predicted octanol–water partition coefficient (Wildman–Crippen LogP) is 0.397. The summed E-state index contributed by atoms with van der Waals surface area (Å²) in [4.78, 5) is 22.2. The normalized spacial score (nSPS) is 18.1. The van der Waals surface area contributed by atoms with Gasteiger partial charge in [0.05, 0.1) is 12.0 Å². The summed E-state index contributed by atoms with van der Waals surface area (Å²) < 4.78 is 0. The first kappa shape index (κ1) is 15.9. The van der Waals surface area contributed by atoms with E-state index in [0.29, 0.717) is 12.8 Å². The Morgan fingerprint density at radius 3 is 1.94 bits per heavy atom. The van der Waals surface area contributed by atoms with E-state index >= 15 is 0 Å². The van der Waals surface area contributed by atoms with E-state index in [9.17, 15) is 14.7 Å². The van der Waals surface area contributed by atoms with Crippen LogP contribution >= 0.6 is 0 Å². The van der Waals surface area contributed by atoms with Crippen molar-refractivity contribution in [1.29, 1.82) is 0 Å². The Morgan fingerprint density at radius 1 is 1.12 bits per heavy atom. The second-order valence-corrected chi connectivity index (χ2v) is 4.69. The van der Waals surface area contributed by atoms with Crippen molar-refractivity contribution in [3.63, 3.8) is 0 Å². The predicted molar refractivity (Wildman–Crippen MR) is 65.7 cm³/mol. The number of amides is 2. The molecule has 0 fully saturated rings. The average Bonchev–Trinajstić information content (AvgIpc) is 2.22. The summed E-state index contributed by atoms with van der Waals surface area (Å²) in [6.45, 7) is 5.32. The summed E-state index contributed by atoms with van der Waals surface area (Å²) in [6, 6.07) is 0. The number of hydrogen-bond donors (Lipinski definition) is 3. The minimum absolute atomic E-state index is 0.132. The van der Waals surface area contributed by atoms with Gasteiger partial charge in [-0.1, -0.05) is 20.3 Å². The molecule has 0 saturated heterocycles. The molecular formula is C12H24N2O3. The highest BCUT2D eigenvalue weighted by Gasteiger charge is 2.25. The van der Waals surface area contributed by atoms with Crippen LogP contribution in [0.3, 0.4) is 0 Å². The maximum atomic E-state index is 11.1. The number of carbonyl (C=O) groups is 2. The smallest absolute Gasteiger partial charge is 0.223 e. The van der Waals surface area contributed by atoms with Gasteiger partial charge in [-0.25, -0.2) is 0 Å². The molecule has 0 aliphatic heterocycles. The lowest BCUT2D eigenvalue weighted by molar-refractivity contribution is -0.125. The number of nitrogens with two attached hydrogens (primary N) is 2. The van der Waals surface area contributed by atoms with Crippen molar-refractivity contribution in [3.8, 4) is 0 Å². The van der Waals surface area contributed by atoms with E-state index in [0.717, 1.165) is 6.42 Å². The van der Waals surface area contributed by atoms with E-state index < -0.39 is 17.9 Å². The van der Waals surface area contributed by atoms with Crippen molar-refractivity contribution in [2.75, 3.05) is 0 Å². The van der Waals surface area contributed by atoms with E-state index in [1.807, 2.05) is 6.92 Å². The summed E-state index contributed by atoms with van der Waals surface area (Å²) in [5.41, 5.74) is 10.5. The van der Waals surface area contributed by atoms with Crippen LogP contribution in [-0.4, -0.2) is 23.0 Å². The molecule has 0 aliphatic carbocycles. The van der Waals surface area contributed by atoms with Gasteiger partial charge in [0.25, 0.3) is 0 Å². The molecule has 4 atom stereocenters. The van der Waals surface area contributed by atoms with Crippen LogP contribution in [0.1, 0.15) is 40.0 Å². The zero-order chi connectivity index (χ0) is 13.6. The molecule has 0 spiro atoms. The maximum Gasteiger partial charge on any atom is 0.223 e. The topological polar surface area (TPSA) is 106 Å². The molecule has 0 heterocycles. The highest BCUT2D eigenvalue weighted by molar-refractivity contribution is 5.77. The number of carbonyl (C=O) groups excluding carboxylic acids is 2. The first-order chi connectivity index (χ1) is 7.81. The van der Waals surface area contributed by atoms with Gasteiger partial charge in [-0.3, -0.25) is 9.59 Å². The van der Waals surface area contributed by atoms with E-state index in [1.54, 1.807) is 13.8 Å². The third-order valence-corrected chi connectivity index (χ3v) is 3.48. The standard InChI is InChI=1S/C12H24N2O3/c1-4-9(7(2)11(13)16)5-6-10(8(3)15)12(14)17/h7-10,15H,4-6H2,1-3H3,(H2,13,16)(H2,14,17). The van der Waals surface area contributed by atoms with Crippen molar-refractivity contribution in [2.45, 2.75) is 46.1 Å². The van der Waals surface area contributed by atoms with Gasteiger partial charge in [0.2, 0.25) is 11.8 Å². The Balaban J connectivity index is 4.39. The highest BCUT2D eigenvalue weighted by Crippen LogP contribution is 2.24. The zero-order valence-electron chi connectivity index (χ0n) is 10.8. The third kappa shape index (κ3) is 5.17. The Kier molecular flexibility index (Phi) is 6.80. The summed E-state index contributed by atoms with van der Waals surface area (Å²) in [6.07, 6.45) is 1.21. The summed E-state index contributed by atoms with van der Waals surface area (Å²) >= 11 is 0. The molecule has 0 bridgehead atoms. The summed E-state index contributed by atoms with van der Waals surface area (Å²) in [5, 5.41) is 9.42. The summed E-state index contributed by atoms with van der Waals surface area (Å²) in [5.74, 6) is -1.47. The fourth-order valence-corrected chi connectivity index (χ4v) is 2.05. The molecule has 5 nitrogen and oxygen atoms in total. The van der Waals surface area contributed by atoms with Gasteiger partial charge < -0.3 is 16.6 Å². The molecule has 100 valence electrons. The Morgan fingerprint density at radius 2 is 1.65 bits per heavy atom. The Bertz CT molecular complexity index is 266. The van der Waals surface area contributed by atoms with Gasteiger partial charge in [0.15, 0.2) is 0 Å². The lowest BCUT2D eigenvalue weighted by Crippen LogP contribution is -2.33. The zero-order valence-corrected chi connectivity index (χ0v) is 10.8. The number of rotatable bonds is 8. The molecule has 0 saturated carbocycles. The van der Waals surface area contributed by atoms with Crippen molar-refractivity contribution < 1.29 is 14.7 Å². The quantitative estimate of drug-likeness (QED) is 0.575. The van der Waals surface area contributed by atoms with Crippen LogP contribution in [0.4, 0.5) is 0 Å². The first-order valence-electron chi connectivity index (χ1n) is 6.07. The van der Waals surface area contributed by atoms with Crippen LogP contribution < -0.4 is 11.5 Å². The van der Waals surface area contributed by atoms with Crippen LogP contribution in [-0.2, 0) is 9.59 Å². The SMILES string of the molecule is CCC(CCC(C(N)=O)C(C)O)C(C)C(N)=O. The van der Waals surface area contributed by atoms with E-state index in [-0.39, 0.29) is 17.7 Å². The molecule has 2 amide bonds. The van der Waals surface area contributed by atoms with Gasteiger partial charge in [-0.2, -0.15) is 0 Å². The second-order valence-electron chi connectivity index (χ2n) is 4.69. The van der Waals surface area contributed by atoms with E-state index in [1.165, 1.54) is 0 Å². The average molecular weight is 244 g/mol. The first-order valence-corrected chi connectivity index (χ1v) is 6.07. The minimum Gasteiger partial charge on any atom is -0.393 e. The Hall–Kier alpha value is -1.10. The van der Waals surface area contributed by atoms with Gasteiger partial charge in [0.1, 0.15) is 0 Å². The maximum absolute atomic E-state index is 11.1. The monoisotopic (exact) mass is 244 g/mol. The van der Waals surface area contributed by atoms with Crippen molar-refractivity contribution >= 4 is 11.8 Å². The minimum atomic E-state index is -0.756. The molecule has 0 aromatic heterocycles. The van der Waals surface area contributed by atoms with Crippen LogP contribution in [0.25, 0.3) is 0 Å². The molecule has 4 unspecified atom stereocenters. The van der Waals surface area contributed by atoms with E-state index in [4.69, 9.17) is 11.5 Å². The molecule has 5 heteroatoms. The lowest BCUT2D eigenvalue weighted by atomic mass is 9.83. The number of aliphatic hydroxyl groups is 1. The van der Waals surface area contributed by atoms with Crippen LogP contribution in [0.5, 0.6) is 0 Å². The molecule has 0 aromatic rings. The molecule has 5 N–H and O–H groups in total. The molecule has 0 aliphatic rings. The van der Waals surface area contributed by atoms with Crippen LogP contribution in [0.2, 0.25) is 0 Å². The Labute approximate surface area is 103 Å². The van der Waals surface area contributed by atoms with Gasteiger partial charge in [-0.15, -0.1) is 0 Å². The lowest BCUT2D eigenvalue weighted by Gasteiger charge is -2.23. The van der Waals surface area contributed by atoms with Gasteiger partial charge in [-0.05, 0) is 25.7 Å². The van der Waals surface area contributed by atoms with Crippen molar-refractivity contribution in [1.82, 2.24) is 0 Å². The fraction of sp³-hybridized carbons (Fsp3) is 0.833. The third-order valence-electron chi connectivity index (χ3n) is 3.48. The number of primary amides is 2. The van der Waals surface area contributed by atoms with Crippen LogP contribution in [0, 0.1) is 17.8 Å². The van der Waals surface area contributed by atoms with Crippen molar-refractivity contribution in [3.05, 3.63) is 0 Å². The molecule has 0 aromatic carbocycles. The number of hydrogen-bond acceptors (Lipinski definition) is 3. The fourth-order valence-electron chi connectivity index (χ4n) is 2.05. The molecular weight excluding hydrogens is 220 g/mol. The largest absolute Gasteiger partial charge is 0.393 e. The summed E-state index contributed by atoms with van der Waals surface area (Å²) in [7, 11) is 0. The van der Waals surface area contributed by atoms with Crippen molar-refractivity contribution in [2.24, 2.45) is 29.2 Å². The van der Waals surface area contributed by atoms with Gasteiger partial charge >= 0.3 is 0 Å². The second kappa shape index (κ2) is 7.27. The molecule has 17 heavy (non-hydrogen) atoms. The molecule has 0 radical (unpaired) electrons.